The van der Waals surface area contributed by atoms with Crippen LogP contribution in [0.1, 0.15) is 18.3 Å². The van der Waals surface area contributed by atoms with Gasteiger partial charge in [-0.3, -0.25) is 9.48 Å². The second-order valence-corrected chi connectivity index (χ2v) is 3.41. The molecule has 0 saturated heterocycles. The lowest BCUT2D eigenvalue weighted by atomic mass is 10.3. The smallest absolute Gasteiger partial charge is 0.234 e. The number of rotatable bonds is 4. The molecule has 1 rings (SSSR count). The van der Waals surface area contributed by atoms with Crippen LogP contribution in [0.2, 0.25) is 0 Å². The summed E-state index contributed by atoms with van der Waals surface area (Å²) in [6, 6.07) is 1.66. The Morgan fingerprint density at radius 2 is 2.43 bits per heavy atom. The van der Waals surface area contributed by atoms with Gasteiger partial charge < -0.3 is 11.1 Å². The fourth-order valence-electron chi connectivity index (χ4n) is 1.19. The average Bonchev–Trinajstić information content (AvgIpc) is 2.40. The molecule has 0 radical (unpaired) electrons. The Kier molecular flexibility index (Phi) is 3.24. The predicted molar refractivity (Wildman–Crippen MR) is 53.4 cm³/mol. The van der Waals surface area contributed by atoms with E-state index in [1.165, 1.54) is 0 Å². The lowest BCUT2D eigenvalue weighted by Gasteiger charge is -2.09. The molecule has 1 amide bonds. The monoisotopic (exact) mass is 196 g/mol. The molecule has 78 valence electrons. The first kappa shape index (κ1) is 10.7. The summed E-state index contributed by atoms with van der Waals surface area (Å²) in [5, 5.41) is 7.21. The molecule has 0 aromatic carbocycles. The van der Waals surface area contributed by atoms with Crippen molar-refractivity contribution in [2.45, 2.75) is 26.4 Å². The average molecular weight is 196 g/mol. The van der Waals surface area contributed by atoms with E-state index in [4.69, 9.17) is 5.73 Å². The van der Waals surface area contributed by atoms with Gasteiger partial charge in [0.05, 0.1) is 17.4 Å². The van der Waals surface area contributed by atoms with Gasteiger partial charge in [-0.15, -0.1) is 0 Å². The van der Waals surface area contributed by atoms with Crippen molar-refractivity contribution >= 4 is 5.91 Å². The first-order valence-electron chi connectivity index (χ1n) is 4.53. The maximum atomic E-state index is 10.7. The summed E-state index contributed by atoms with van der Waals surface area (Å²) in [4.78, 5) is 10.7. The third-order valence-corrected chi connectivity index (χ3v) is 2.12. The van der Waals surface area contributed by atoms with Gasteiger partial charge in [-0.2, -0.15) is 5.10 Å². The summed E-state index contributed by atoms with van der Waals surface area (Å²) in [5.41, 5.74) is 7.13. The van der Waals surface area contributed by atoms with E-state index in [1.54, 1.807) is 11.6 Å². The summed E-state index contributed by atoms with van der Waals surface area (Å²) in [6.45, 7) is 4.27. The molecule has 1 heterocycles. The number of amides is 1. The van der Waals surface area contributed by atoms with Crippen LogP contribution in [0, 0.1) is 6.92 Å². The fraction of sp³-hybridized carbons (Fsp3) is 0.556. The van der Waals surface area contributed by atoms with Crippen LogP contribution >= 0.6 is 0 Å². The van der Waals surface area contributed by atoms with Gasteiger partial charge >= 0.3 is 0 Å². The van der Waals surface area contributed by atoms with Crippen LogP contribution in [0.4, 0.5) is 0 Å². The summed E-state index contributed by atoms with van der Waals surface area (Å²) < 4.78 is 1.79. The van der Waals surface area contributed by atoms with Gasteiger partial charge in [0.15, 0.2) is 0 Å². The van der Waals surface area contributed by atoms with Crippen LogP contribution in [-0.4, -0.2) is 21.7 Å². The normalized spacial score (nSPS) is 12.8. The van der Waals surface area contributed by atoms with Gasteiger partial charge in [0, 0.05) is 13.6 Å². The standard InChI is InChI=1S/C9H16N4O/c1-6-4-8(13(3)12-6)5-11-7(2)9(10)14/h4,7,11H,5H2,1-3H3,(H2,10,14). The Labute approximate surface area is 83.3 Å². The number of hydrogen-bond donors (Lipinski definition) is 2. The number of aromatic nitrogens is 2. The zero-order valence-electron chi connectivity index (χ0n) is 8.74. The van der Waals surface area contributed by atoms with Crippen molar-refractivity contribution < 1.29 is 4.79 Å². The summed E-state index contributed by atoms with van der Waals surface area (Å²) in [7, 11) is 1.87. The van der Waals surface area contributed by atoms with E-state index in [9.17, 15) is 4.79 Å². The van der Waals surface area contributed by atoms with Crippen molar-refractivity contribution in [3.05, 3.63) is 17.5 Å². The lowest BCUT2D eigenvalue weighted by Crippen LogP contribution is -2.38. The topological polar surface area (TPSA) is 72.9 Å². The van der Waals surface area contributed by atoms with Crippen molar-refractivity contribution in [3.8, 4) is 0 Å². The highest BCUT2D eigenvalue weighted by Crippen LogP contribution is 2.01. The Morgan fingerprint density at radius 3 is 2.86 bits per heavy atom. The second kappa shape index (κ2) is 4.23. The molecule has 0 saturated carbocycles. The van der Waals surface area contributed by atoms with Gasteiger partial charge in [-0.25, -0.2) is 0 Å². The third kappa shape index (κ3) is 2.56. The van der Waals surface area contributed by atoms with Crippen molar-refractivity contribution in [1.29, 1.82) is 0 Å². The fourth-order valence-corrected chi connectivity index (χ4v) is 1.19. The van der Waals surface area contributed by atoms with E-state index in [2.05, 4.69) is 10.4 Å². The highest BCUT2D eigenvalue weighted by molar-refractivity contribution is 5.79. The highest BCUT2D eigenvalue weighted by Gasteiger charge is 2.08. The van der Waals surface area contributed by atoms with E-state index in [-0.39, 0.29) is 11.9 Å². The molecular formula is C9H16N4O. The molecule has 1 aromatic heterocycles. The molecule has 3 N–H and O–H groups in total. The molecule has 1 unspecified atom stereocenters. The minimum Gasteiger partial charge on any atom is -0.368 e. The van der Waals surface area contributed by atoms with Crippen LogP contribution in [0.3, 0.4) is 0 Å². The van der Waals surface area contributed by atoms with Crippen LogP contribution in [0.5, 0.6) is 0 Å². The van der Waals surface area contributed by atoms with E-state index in [1.807, 2.05) is 20.0 Å². The molecule has 14 heavy (non-hydrogen) atoms. The minimum absolute atomic E-state index is 0.315. The van der Waals surface area contributed by atoms with Crippen molar-refractivity contribution in [1.82, 2.24) is 15.1 Å². The van der Waals surface area contributed by atoms with E-state index in [0.717, 1.165) is 11.4 Å². The molecule has 0 aliphatic carbocycles. The number of nitrogens with zero attached hydrogens (tertiary/aromatic N) is 2. The molecule has 0 aliphatic heterocycles. The zero-order valence-corrected chi connectivity index (χ0v) is 8.74. The first-order chi connectivity index (χ1) is 6.50. The Bertz CT molecular complexity index is 332. The van der Waals surface area contributed by atoms with Gasteiger partial charge in [-0.05, 0) is 19.9 Å². The number of primary amides is 1. The molecule has 1 atom stereocenters. The van der Waals surface area contributed by atoms with Crippen LogP contribution in [0.25, 0.3) is 0 Å². The molecule has 0 bridgehead atoms. The first-order valence-corrected chi connectivity index (χ1v) is 4.53. The second-order valence-electron chi connectivity index (χ2n) is 3.41. The van der Waals surface area contributed by atoms with E-state index >= 15 is 0 Å². The van der Waals surface area contributed by atoms with Gasteiger partial charge in [0.1, 0.15) is 0 Å². The number of carbonyl (C=O) groups excluding carboxylic acids is 1. The number of nitrogens with two attached hydrogens (primary N) is 1. The number of hydrogen-bond acceptors (Lipinski definition) is 3. The van der Waals surface area contributed by atoms with Crippen LogP contribution in [-0.2, 0) is 18.4 Å². The molecule has 0 spiro atoms. The molecule has 5 heteroatoms. The molecule has 1 aromatic rings. The third-order valence-electron chi connectivity index (χ3n) is 2.12. The van der Waals surface area contributed by atoms with Gasteiger partial charge in [0.25, 0.3) is 0 Å². The van der Waals surface area contributed by atoms with Gasteiger partial charge in [0.2, 0.25) is 5.91 Å². The minimum atomic E-state index is -0.344. The maximum Gasteiger partial charge on any atom is 0.234 e. The summed E-state index contributed by atoms with van der Waals surface area (Å²) in [6.07, 6.45) is 0. The Morgan fingerprint density at radius 1 is 1.79 bits per heavy atom. The molecule has 0 fully saturated rings. The van der Waals surface area contributed by atoms with Gasteiger partial charge in [-0.1, -0.05) is 0 Å². The highest BCUT2D eigenvalue weighted by atomic mass is 16.1. The molecule has 5 nitrogen and oxygen atoms in total. The van der Waals surface area contributed by atoms with E-state index < -0.39 is 0 Å². The Hall–Kier alpha value is -1.36. The largest absolute Gasteiger partial charge is 0.368 e. The van der Waals surface area contributed by atoms with E-state index in [0.29, 0.717) is 6.54 Å². The SMILES string of the molecule is Cc1cc(CNC(C)C(N)=O)n(C)n1. The van der Waals surface area contributed by atoms with Crippen molar-refractivity contribution in [2.75, 3.05) is 0 Å². The zero-order chi connectivity index (χ0) is 10.7. The molecular weight excluding hydrogens is 180 g/mol. The summed E-state index contributed by atoms with van der Waals surface area (Å²) in [5.74, 6) is -0.344. The quantitative estimate of drug-likeness (QED) is 0.694. The number of nitrogens with one attached hydrogen (secondary N) is 1. The van der Waals surface area contributed by atoms with Crippen LogP contribution < -0.4 is 11.1 Å². The summed E-state index contributed by atoms with van der Waals surface area (Å²) >= 11 is 0. The van der Waals surface area contributed by atoms with Crippen molar-refractivity contribution in [3.63, 3.8) is 0 Å². The molecule has 0 aliphatic rings. The maximum absolute atomic E-state index is 10.7. The van der Waals surface area contributed by atoms with Crippen LogP contribution in [0.15, 0.2) is 6.07 Å². The van der Waals surface area contributed by atoms with Crippen molar-refractivity contribution in [2.24, 2.45) is 12.8 Å². The number of carbonyl (C=O) groups is 1. The predicted octanol–water partition coefficient (Wildman–Crippen LogP) is -0.308. The Balaban J connectivity index is 2.53. The lowest BCUT2D eigenvalue weighted by molar-refractivity contribution is -0.119. The number of aryl methyl sites for hydroxylation is 2.